The summed E-state index contributed by atoms with van der Waals surface area (Å²) in [5, 5.41) is 0. The fourth-order valence-electron chi connectivity index (χ4n) is 6.01. The first kappa shape index (κ1) is 24.3. The van der Waals surface area contributed by atoms with Gasteiger partial charge in [0.25, 0.3) is 0 Å². The minimum absolute atomic E-state index is 0.0183. The van der Waals surface area contributed by atoms with Crippen molar-refractivity contribution in [1.29, 1.82) is 0 Å². The Morgan fingerprint density at radius 3 is 1.84 bits per heavy atom. The van der Waals surface area contributed by atoms with E-state index in [-0.39, 0.29) is 11.5 Å². The quantitative estimate of drug-likeness (QED) is 0.368. The Bertz CT molecular complexity index is 661. The van der Waals surface area contributed by atoms with Crippen LogP contribution in [0.2, 0.25) is 0 Å². The highest BCUT2D eigenvalue weighted by atomic mass is 19.2. The molecule has 0 saturated heterocycles. The molecule has 4 heteroatoms. The molecule has 2 fully saturated rings. The van der Waals surface area contributed by atoms with E-state index in [0.29, 0.717) is 19.1 Å². The lowest BCUT2D eigenvalue weighted by molar-refractivity contribution is 0.129. The van der Waals surface area contributed by atoms with E-state index in [0.717, 1.165) is 30.1 Å². The van der Waals surface area contributed by atoms with Crippen molar-refractivity contribution in [3.05, 3.63) is 23.8 Å². The SMILES string of the molecule is CCCC1CCC(C2CCC(CC(C)COc3ccc(OCC)c(F)c3F)CC2)CC1. The highest BCUT2D eigenvalue weighted by molar-refractivity contribution is 5.35. The average molecular weight is 437 g/mol. The molecule has 0 aromatic heterocycles. The molecule has 0 spiro atoms. The summed E-state index contributed by atoms with van der Waals surface area (Å²) >= 11 is 0. The van der Waals surface area contributed by atoms with Gasteiger partial charge in [-0.15, -0.1) is 0 Å². The Labute approximate surface area is 188 Å². The van der Waals surface area contributed by atoms with Crippen molar-refractivity contribution < 1.29 is 18.3 Å². The second-order valence-electron chi connectivity index (χ2n) is 10.1. The third-order valence-corrected chi connectivity index (χ3v) is 7.72. The van der Waals surface area contributed by atoms with Crippen LogP contribution in [0.1, 0.15) is 91.4 Å². The lowest BCUT2D eigenvalue weighted by Crippen LogP contribution is -2.26. The molecule has 2 aliphatic carbocycles. The Kier molecular flexibility index (Phi) is 9.47. The molecule has 1 aromatic rings. The molecule has 3 rings (SSSR count). The number of ether oxygens (including phenoxy) is 2. The van der Waals surface area contributed by atoms with Gasteiger partial charge in [0.15, 0.2) is 11.5 Å². The van der Waals surface area contributed by atoms with E-state index < -0.39 is 11.6 Å². The monoisotopic (exact) mass is 436 g/mol. The number of halogens is 2. The van der Waals surface area contributed by atoms with Crippen molar-refractivity contribution in [2.75, 3.05) is 13.2 Å². The number of rotatable bonds is 10. The van der Waals surface area contributed by atoms with Crippen LogP contribution in [0.4, 0.5) is 8.78 Å². The van der Waals surface area contributed by atoms with Crippen LogP contribution in [0, 0.1) is 41.2 Å². The van der Waals surface area contributed by atoms with Gasteiger partial charge in [0, 0.05) is 0 Å². The molecular formula is C27H42F2O2. The third-order valence-electron chi connectivity index (χ3n) is 7.72. The van der Waals surface area contributed by atoms with Gasteiger partial charge in [-0.05, 0) is 80.8 Å². The molecule has 0 radical (unpaired) electrons. The predicted molar refractivity (Wildman–Crippen MR) is 123 cm³/mol. The summed E-state index contributed by atoms with van der Waals surface area (Å²) in [5.74, 6) is 1.98. The van der Waals surface area contributed by atoms with Gasteiger partial charge >= 0.3 is 0 Å². The molecule has 1 aromatic carbocycles. The van der Waals surface area contributed by atoms with E-state index >= 15 is 0 Å². The van der Waals surface area contributed by atoms with Crippen molar-refractivity contribution in [1.82, 2.24) is 0 Å². The number of hydrogen-bond acceptors (Lipinski definition) is 2. The number of hydrogen-bond donors (Lipinski definition) is 0. The van der Waals surface area contributed by atoms with Crippen LogP contribution in [0.25, 0.3) is 0 Å². The summed E-state index contributed by atoms with van der Waals surface area (Å²) in [4.78, 5) is 0. The van der Waals surface area contributed by atoms with Crippen molar-refractivity contribution >= 4 is 0 Å². The molecule has 0 amide bonds. The van der Waals surface area contributed by atoms with Gasteiger partial charge in [0.1, 0.15) is 0 Å². The van der Waals surface area contributed by atoms with E-state index in [1.807, 2.05) is 0 Å². The van der Waals surface area contributed by atoms with Gasteiger partial charge in [0.2, 0.25) is 11.6 Å². The summed E-state index contributed by atoms with van der Waals surface area (Å²) in [5.41, 5.74) is 0. The van der Waals surface area contributed by atoms with E-state index in [2.05, 4.69) is 13.8 Å². The molecule has 0 N–H and O–H groups in total. The van der Waals surface area contributed by atoms with Crippen LogP contribution in [-0.2, 0) is 0 Å². The zero-order valence-corrected chi connectivity index (χ0v) is 19.8. The first-order valence-electron chi connectivity index (χ1n) is 12.7. The Morgan fingerprint density at radius 2 is 1.32 bits per heavy atom. The van der Waals surface area contributed by atoms with Gasteiger partial charge in [-0.2, -0.15) is 8.78 Å². The van der Waals surface area contributed by atoms with Gasteiger partial charge < -0.3 is 9.47 Å². The highest BCUT2D eigenvalue weighted by Crippen LogP contribution is 2.43. The van der Waals surface area contributed by atoms with E-state index in [4.69, 9.17) is 9.47 Å². The highest BCUT2D eigenvalue weighted by Gasteiger charge is 2.31. The maximum Gasteiger partial charge on any atom is 0.204 e. The average Bonchev–Trinajstić information content (AvgIpc) is 2.78. The van der Waals surface area contributed by atoms with E-state index in [1.54, 1.807) is 6.92 Å². The summed E-state index contributed by atoms with van der Waals surface area (Å²) < 4.78 is 38.9. The second kappa shape index (κ2) is 12.1. The lowest BCUT2D eigenvalue weighted by atomic mass is 9.68. The Hall–Kier alpha value is -1.32. The van der Waals surface area contributed by atoms with Crippen molar-refractivity contribution in [2.24, 2.45) is 29.6 Å². The maximum absolute atomic E-state index is 14.2. The van der Waals surface area contributed by atoms with Gasteiger partial charge in [-0.3, -0.25) is 0 Å². The molecule has 2 nitrogen and oxygen atoms in total. The van der Waals surface area contributed by atoms with Crippen LogP contribution >= 0.6 is 0 Å². The van der Waals surface area contributed by atoms with E-state index in [1.165, 1.54) is 76.3 Å². The molecule has 0 bridgehead atoms. The lowest BCUT2D eigenvalue weighted by Gasteiger charge is -2.38. The zero-order chi connectivity index (χ0) is 22.2. The largest absolute Gasteiger partial charge is 0.491 e. The third kappa shape index (κ3) is 6.83. The summed E-state index contributed by atoms with van der Waals surface area (Å²) in [6.45, 7) is 6.94. The van der Waals surface area contributed by atoms with Crippen LogP contribution < -0.4 is 9.47 Å². The molecule has 2 saturated carbocycles. The maximum atomic E-state index is 14.2. The van der Waals surface area contributed by atoms with Crippen LogP contribution in [-0.4, -0.2) is 13.2 Å². The molecule has 2 aliphatic rings. The van der Waals surface area contributed by atoms with Crippen LogP contribution in [0.3, 0.4) is 0 Å². The zero-order valence-electron chi connectivity index (χ0n) is 19.8. The summed E-state index contributed by atoms with van der Waals surface area (Å²) in [7, 11) is 0. The Morgan fingerprint density at radius 1 is 0.806 bits per heavy atom. The fraction of sp³-hybridized carbons (Fsp3) is 0.778. The topological polar surface area (TPSA) is 18.5 Å². The molecule has 176 valence electrons. The van der Waals surface area contributed by atoms with Crippen molar-refractivity contribution in [2.45, 2.75) is 91.4 Å². The molecule has 1 atom stereocenters. The van der Waals surface area contributed by atoms with Crippen molar-refractivity contribution in [3.63, 3.8) is 0 Å². The van der Waals surface area contributed by atoms with Crippen LogP contribution in [0.5, 0.6) is 11.5 Å². The van der Waals surface area contributed by atoms with Crippen molar-refractivity contribution in [3.8, 4) is 11.5 Å². The first-order chi connectivity index (χ1) is 15.0. The summed E-state index contributed by atoms with van der Waals surface area (Å²) in [6.07, 6.45) is 15.1. The molecular weight excluding hydrogens is 394 g/mol. The first-order valence-corrected chi connectivity index (χ1v) is 12.7. The standard InChI is InChI=1S/C27H42F2O2/c1-4-6-20-7-11-22(12-8-20)23-13-9-21(10-14-23)17-19(3)18-31-25-16-15-24(30-5-2)26(28)27(25)29/h15-16,19-23H,4-14,17-18H2,1-3H3. The smallest absolute Gasteiger partial charge is 0.204 e. The molecule has 1 unspecified atom stereocenters. The molecule has 0 heterocycles. The predicted octanol–water partition coefficient (Wildman–Crippen LogP) is 8.18. The number of benzene rings is 1. The van der Waals surface area contributed by atoms with Crippen LogP contribution in [0.15, 0.2) is 12.1 Å². The second-order valence-corrected chi connectivity index (χ2v) is 10.1. The Balaban J connectivity index is 1.38. The summed E-state index contributed by atoms with van der Waals surface area (Å²) in [6, 6.07) is 2.91. The van der Waals surface area contributed by atoms with Gasteiger partial charge in [-0.1, -0.05) is 52.4 Å². The van der Waals surface area contributed by atoms with Gasteiger partial charge in [0.05, 0.1) is 13.2 Å². The fourth-order valence-corrected chi connectivity index (χ4v) is 6.01. The molecule has 31 heavy (non-hydrogen) atoms. The minimum atomic E-state index is -0.964. The minimum Gasteiger partial charge on any atom is -0.491 e. The normalized spacial score (nSPS) is 27.6. The van der Waals surface area contributed by atoms with Gasteiger partial charge in [-0.25, -0.2) is 0 Å². The molecule has 0 aliphatic heterocycles. The van der Waals surface area contributed by atoms with E-state index in [9.17, 15) is 8.78 Å².